The number of carbonyl (C=O) groups is 1. The van der Waals surface area contributed by atoms with Crippen LogP contribution in [0, 0.1) is 0 Å². The number of nitrogens with zero attached hydrogens (tertiary/aromatic N) is 1. The van der Waals surface area contributed by atoms with Gasteiger partial charge in [0.2, 0.25) is 0 Å². The molecule has 3 nitrogen and oxygen atoms in total. The molecule has 0 aliphatic carbocycles. The summed E-state index contributed by atoms with van der Waals surface area (Å²) in [4.78, 5) is 14.6. The lowest BCUT2D eigenvalue weighted by Gasteiger charge is -2.07. The molecule has 0 fully saturated rings. The molecular weight excluding hydrogens is 295 g/mol. The van der Waals surface area contributed by atoms with Crippen LogP contribution in [0.15, 0.2) is 10.7 Å². The summed E-state index contributed by atoms with van der Waals surface area (Å²) in [5, 5.41) is -0.389. The molecule has 0 atom stereocenters. The highest BCUT2D eigenvalue weighted by Crippen LogP contribution is 2.30. The SMILES string of the molecule is COC(=O)c1cc(Br)nc(C(F)F)c1Cl. The molecule has 0 spiro atoms. The quantitative estimate of drug-likeness (QED) is 0.622. The van der Waals surface area contributed by atoms with E-state index in [1.54, 1.807) is 0 Å². The molecule has 0 aromatic carbocycles. The predicted molar refractivity (Wildman–Crippen MR) is 53.2 cm³/mol. The van der Waals surface area contributed by atoms with E-state index in [0.717, 1.165) is 7.11 Å². The highest BCUT2D eigenvalue weighted by Gasteiger charge is 2.22. The Bertz CT molecular complexity index is 400. The van der Waals surface area contributed by atoms with Gasteiger partial charge < -0.3 is 4.74 Å². The molecule has 82 valence electrons. The summed E-state index contributed by atoms with van der Waals surface area (Å²) in [6.45, 7) is 0. The normalized spacial score (nSPS) is 10.5. The van der Waals surface area contributed by atoms with Crippen molar-refractivity contribution in [3.8, 4) is 0 Å². The molecule has 1 aromatic rings. The first-order chi connectivity index (χ1) is 6.97. The highest BCUT2D eigenvalue weighted by atomic mass is 79.9. The predicted octanol–water partition coefficient (Wildman–Crippen LogP) is 3.22. The minimum Gasteiger partial charge on any atom is -0.465 e. The van der Waals surface area contributed by atoms with Crippen molar-refractivity contribution in [3.05, 3.63) is 26.9 Å². The summed E-state index contributed by atoms with van der Waals surface area (Å²) in [5.74, 6) is -0.787. The van der Waals surface area contributed by atoms with Crippen LogP contribution in [0.1, 0.15) is 22.5 Å². The molecule has 0 aliphatic rings. The van der Waals surface area contributed by atoms with Crippen LogP contribution >= 0.6 is 27.5 Å². The van der Waals surface area contributed by atoms with E-state index in [4.69, 9.17) is 11.6 Å². The molecule has 0 saturated carbocycles. The number of methoxy groups -OCH3 is 1. The number of hydrogen-bond donors (Lipinski definition) is 0. The number of esters is 1. The van der Waals surface area contributed by atoms with E-state index in [0.29, 0.717) is 0 Å². The summed E-state index contributed by atoms with van der Waals surface area (Å²) >= 11 is 8.49. The summed E-state index contributed by atoms with van der Waals surface area (Å²) in [6.07, 6.45) is -2.85. The Morgan fingerprint density at radius 3 is 2.73 bits per heavy atom. The van der Waals surface area contributed by atoms with E-state index >= 15 is 0 Å². The Hall–Kier alpha value is -0.750. The maximum absolute atomic E-state index is 12.4. The van der Waals surface area contributed by atoms with E-state index < -0.39 is 18.1 Å². The van der Waals surface area contributed by atoms with Gasteiger partial charge in [0, 0.05) is 0 Å². The lowest BCUT2D eigenvalue weighted by atomic mass is 10.2. The van der Waals surface area contributed by atoms with Crippen LogP contribution in [0.4, 0.5) is 8.78 Å². The molecule has 1 rings (SSSR count). The molecule has 15 heavy (non-hydrogen) atoms. The van der Waals surface area contributed by atoms with E-state index in [2.05, 4.69) is 25.7 Å². The first kappa shape index (κ1) is 12.3. The number of rotatable bonds is 2. The zero-order valence-corrected chi connectivity index (χ0v) is 9.77. The van der Waals surface area contributed by atoms with Crippen molar-refractivity contribution in [1.29, 1.82) is 0 Å². The maximum atomic E-state index is 12.4. The zero-order chi connectivity index (χ0) is 11.6. The van der Waals surface area contributed by atoms with Gasteiger partial charge in [-0.15, -0.1) is 0 Å². The minimum atomic E-state index is -2.85. The molecule has 7 heteroatoms. The average Bonchev–Trinajstić information content (AvgIpc) is 2.19. The Balaban J connectivity index is 3.34. The number of pyridine rings is 1. The second-order valence-corrected chi connectivity index (χ2v) is 3.67. The fraction of sp³-hybridized carbons (Fsp3) is 0.250. The standard InChI is InChI=1S/C8H5BrClF2NO2/c1-15-8(14)3-2-4(9)13-6(5(3)10)7(11)12/h2,7H,1H3. The fourth-order valence-corrected chi connectivity index (χ4v) is 1.60. The third-order valence-electron chi connectivity index (χ3n) is 1.56. The lowest BCUT2D eigenvalue weighted by Crippen LogP contribution is -2.06. The third-order valence-corrected chi connectivity index (χ3v) is 2.37. The van der Waals surface area contributed by atoms with E-state index in [1.807, 2.05) is 0 Å². The van der Waals surface area contributed by atoms with Crippen LogP contribution < -0.4 is 0 Å². The van der Waals surface area contributed by atoms with E-state index in [1.165, 1.54) is 6.07 Å². The average molecular weight is 300 g/mol. The number of aromatic nitrogens is 1. The van der Waals surface area contributed by atoms with Crippen LogP contribution in [0.5, 0.6) is 0 Å². The molecule has 0 aliphatic heterocycles. The van der Waals surface area contributed by atoms with Crippen molar-refractivity contribution >= 4 is 33.5 Å². The van der Waals surface area contributed by atoms with Crippen molar-refractivity contribution in [2.45, 2.75) is 6.43 Å². The summed E-state index contributed by atoms with van der Waals surface area (Å²) in [7, 11) is 1.13. The van der Waals surface area contributed by atoms with Gasteiger partial charge in [0.25, 0.3) is 6.43 Å². The number of carbonyl (C=O) groups excluding carboxylic acids is 1. The van der Waals surface area contributed by atoms with Crippen LogP contribution in [0.25, 0.3) is 0 Å². The molecule has 0 bridgehead atoms. The topological polar surface area (TPSA) is 39.2 Å². The lowest BCUT2D eigenvalue weighted by molar-refractivity contribution is 0.0600. The number of halogens is 4. The zero-order valence-electron chi connectivity index (χ0n) is 7.43. The molecule has 0 radical (unpaired) electrons. The Kier molecular flexibility index (Phi) is 3.98. The molecule has 0 unspecified atom stereocenters. The van der Waals surface area contributed by atoms with Gasteiger partial charge in [-0.1, -0.05) is 11.6 Å². The van der Waals surface area contributed by atoms with Gasteiger partial charge in [0.1, 0.15) is 10.3 Å². The van der Waals surface area contributed by atoms with Crippen molar-refractivity contribution in [3.63, 3.8) is 0 Å². The smallest absolute Gasteiger partial charge is 0.339 e. The second-order valence-electron chi connectivity index (χ2n) is 2.48. The molecular formula is C8H5BrClF2NO2. The monoisotopic (exact) mass is 299 g/mol. The van der Waals surface area contributed by atoms with Crippen molar-refractivity contribution in [2.75, 3.05) is 7.11 Å². The van der Waals surface area contributed by atoms with Gasteiger partial charge in [0.15, 0.2) is 0 Å². The minimum absolute atomic E-state index is 0.0996. The molecule has 0 saturated heterocycles. The molecule has 0 N–H and O–H groups in total. The fourth-order valence-electron chi connectivity index (χ4n) is 0.920. The largest absolute Gasteiger partial charge is 0.465 e. The van der Waals surface area contributed by atoms with Gasteiger partial charge in [-0.25, -0.2) is 18.6 Å². The summed E-state index contributed by atoms with van der Waals surface area (Å²) in [5.41, 5.74) is -0.789. The number of ether oxygens (including phenoxy) is 1. The molecule has 1 aromatic heterocycles. The summed E-state index contributed by atoms with van der Waals surface area (Å²) in [6, 6.07) is 1.22. The number of alkyl halides is 2. The molecule has 1 heterocycles. The highest BCUT2D eigenvalue weighted by molar-refractivity contribution is 9.10. The van der Waals surface area contributed by atoms with Crippen molar-refractivity contribution < 1.29 is 18.3 Å². The second kappa shape index (κ2) is 4.85. The van der Waals surface area contributed by atoms with Crippen LogP contribution in [-0.4, -0.2) is 18.1 Å². The van der Waals surface area contributed by atoms with E-state index in [-0.39, 0.29) is 15.2 Å². The third kappa shape index (κ3) is 2.63. The van der Waals surface area contributed by atoms with Crippen molar-refractivity contribution in [1.82, 2.24) is 4.98 Å². The van der Waals surface area contributed by atoms with Gasteiger partial charge in [0.05, 0.1) is 17.7 Å². The van der Waals surface area contributed by atoms with Gasteiger partial charge in [-0.2, -0.15) is 0 Å². The van der Waals surface area contributed by atoms with Crippen LogP contribution in [0.2, 0.25) is 5.02 Å². The number of hydrogen-bond acceptors (Lipinski definition) is 3. The Morgan fingerprint density at radius 2 is 2.27 bits per heavy atom. The first-order valence-corrected chi connectivity index (χ1v) is 4.87. The Labute approximate surface area is 97.5 Å². The van der Waals surface area contributed by atoms with Crippen LogP contribution in [0.3, 0.4) is 0 Å². The van der Waals surface area contributed by atoms with Gasteiger partial charge >= 0.3 is 5.97 Å². The van der Waals surface area contributed by atoms with Crippen LogP contribution in [-0.2, 0) is 4.74 Å². The Morgan fingerprint density at radius 1 is 1.67 bits per heavy atom. The van der Waals surface area contributed by atoms with E-state index in [9.17, 15) is 13.6 Å². The first-order valence-electron chi connectivity index (χ1n) is 3.69. The molecule has 0 amide bonds. The van der Waals surface area contributed by atoms with Gasteiger partial charge in [-0.05, 0) is 22.0 Å². The van der Waals surface area contributed by atoms with Gasteiger partial charge in [-0.3, -0.25) is 0 Å². The maximum Gasteiger partial charge on any atom is 0.339 e. The van der Waals surface area contributed by atoms with Crippen molar-refractivity contribution in [2.24, 2.45) is 0 Å². The summed E-state index contributed by atoms with van der Waals surface area (Å²) < 4.78 is 29.4.